The van der Waals surface area contributed by atoms with E-state index in [0.717, 1.165) is 11.3 Å². The van der Waals surface area contributed by atoms with E-state index in [1.807, 2.05) is 18.5 Å². The predicted molar refractivity (Wildman–Crippen MR) is 55.3 cm³/mol. The van der Waals surface area contributed by atoms with E-state index in [4.69, 9.17) is 10.00 Å². The summed E-state index contributed by atoms with van der Waals surface area (Å²) in [5.41, 5.74) is 2.20. The molecule has 15 heavy (non-hydrogen) atoms. The van der Waals surface area contributed by atoms with Gasteiger partial charge in [-0.15, -0.1) is 0 Å². The summed E-state index contributed by atoms with van der Waals surface area (Å²) in [7, 11) is 1.52. The van der Waals surface area contributed by atoms with Crippen molar-refractivity contribution in [2.75, 3.05) is 7.11 Å². The quantitative estimate of drug-likeness (QED) is 0.804. The van der Waals surface area contributed by atoms with Crippen LogP contribution >= 0.6 is 0 Å². The summed E-state index contributed by atoms with van der Waals surface area (Å²) in [5.74, 6) is 0.497. The molecule has 1 N–H and O–H groups in total. The third-order valence-electron chi connectivity index (χ3n) is 2.10. The molecule has 74 valence electrons. The molecule has 4 nitrogen and oxygen atoms in total. The fourth-order valence-electron chi connectivity index (χ4n) is 1.33. The second-order valence-electron chi connectivity index (χ2n) is 2.98. The summed E-state index contributed by atoms with van der Waals surface area (Å²) in [6, 6.07) is 5.68. The molecular formula is C11H9N3O. The van der Waals surface area contributed by atoms with E-state index < -0.39 is 0 Å². The predicted octanol–water partition coefficient (Wildman–Crippen LogP) is 1.96. The highest BCUT2D eigenvalue weighted by atomic mass is 16.5. The van der Waals surface area contributed by atoms with E-state index >= 15 is 0 Å². The van der Waals surface area contributed by atoms with Gasteiger partial charge in [-0.05, 0) is 12.1 Å². The molecular weight excluding hydrogens is 190 g/mol. The largest absolute Gasteiger partial charge is 0.494 e. The number of hydrogen-bond acceptors (Lipinski definition) is 3. The van der Waals surface area contributed by atoms with Gasteiger partial charge in [0, 0.05) is 18.0 Å². The number of nitriles is 1. The number of pyridine rings is 1. The average molecular weight is 199 g/mol. The van der Waals surface area contributed by atoms with Crippen LogP contribution in [0, 0.1) is 11.3 Å². The van der Waals surface area contributed by atoms with Crippen LogP contribution in [-0.2, 0) is 0 Å². The van der Waals surface area contributed by atoms with Crippen molar-refractivity contribution >= 4 is 0 Å². The molecule has 2 heterocycles. The Morgan fingerprint density at radius 3 is 3.00 bits per heavy atom. The minimum absolute atomic E-state index is 0.490. The summed E-state index contributed by atoms with van der Waals surface area (Å²) in [6.45, 7) is 0. The van der Waals surface area contributed by atoms with Gasteiger partial charge in [-0.3, -0.25) is 4.98 Å². The first-order valence-corrected chi connectivity index (χ1v) is 4.42. The highest BCUT2D eigenvalue weighted by Gasteiger charge is 2.06. The van der Waals surface area contributed by atoms with Crippen molar-refractivity contribution in [2.45, 2.75) is 0 Å². The molecule has 0 saturated carbocycles. The van der Waals surface area contributed by atoms with E-state index in [1.54, 1.807) is 12.3 Å². The average Bonchev–Trinajstić information content (AvgIpc) is 2.81. The number of rotatable bonds is 2. The van der Waals surface area contributed by atoms with Crippen LogP contribution in [-0.4, -0.2) is 17.1 Å². The monoisotopic (exact) mass is 199 g/mol. The Morgan fingerprint density at radius 1 is 1.53 bits per heavy atom. The zero-order chi connectivity index (χ0) is 10.7. The molecule has 2 aromatic heterocycles. The fourth-order valence-corrected chi connectivity index (χ4v) is 1.33. The molecule has 0 aliphatic rings. The van der Waals surface area contributed by atoms with Crippen molar-refractivity contribution < 1.29 is 4.74 Å². The third-order valence-corrected chi connectivity index (χ3v) is 2.10. The Hall–Kier alpha value is -2.28. The Bertz CT molecular complexity index is 497. The molecule has 0 aliphatic carbocycles. The van der Waals surface area contributed by atoms with Gasteiger partial charge >= 0.3 is 0 Å². The highest BCUT2D eigenvalue weighted by Crippen LogP contribution is 2.22. The van der Waals surface area contributed by atoms with Gasteiger partial charge in [0.15, 0.2) is 5.75 Å². The van der Waals surface area contributed by atoms with Gasteiger partial charge in [0.05, 0.1) is 24.6 Å². The van der Waals surface area contributed by atoms with Crippen LogP contribution in [0.2, 0.25) is 0 Å². The molecule has 0 radical (unpaired) electrons. The second-order valence-corrected chi connectivity index (χ2v) is 2.98. The van der Waals surface area contributed by atoms with Crippen molar-refractivity contribution in [1.82, 2.24) is 9.97 Å². The van der Waals surface area contributed by atoms with Crippen LogP contribution in [0.3, 0.4) is 0 Å². The van der Waals surface area contributed by atoms with Gasteiger partial charge in [0.25, 0.3) is 0 Å². The number of ether oxygens (including phenoxy) is 1. The molecule has 4 heteroatoms. The molecule has 0 fully saturated rings. The smallest absolute Gasteiger partial charge is 0.154 e. The molecule has 0 spiro atoms. The fraction of sp³-hybridized carbons (Fsp3) is 0.0909. The summed E-state index contributed by atoms with van der Waals surface area (Å²) < 4.78 is 5.02. The maximum atomic E-state index is 8.91. The lowest BCUT2D eigenvalue weighted by Gasteiger charge is -2.03. The number of H-pyrrole nitrogens is 1. The van der Waals surface area contributed by atoms with E-state index in [2.05, 4.69) is 16.0 Å². The Morgan fingerprint density at radius 2 is 2.40 bits per heavy atom. The normalized spacial score (nSPS) is 9.60. The van der Waals surface area contributed by atoms with E-state index in [9.17, 15) is 0 Å². The van der Waals surface area contributed by atoms with Crippen molar-refractivity contribution in [2.24, 2.45) is 0 Å². The number of aromatic nitrogens is 2. The minimum atomic E-state index is 0.490. The summed E-state index contributed by atoms with van der Waals surface area (Å²) in [5, 5.41) is 8.91. The first kappa shape index (κ1) is 9.28. The zero-order valence-electron chi connectivity index (χ0n) is 8.19. The molecule has 2 rings (SSSR count). The Kier molecular flexibility index (Phi) is 2.38. The van der Waals surface area contributed by atoms with Gasteiger partial charge in [0.2, 0.25) is 0 Å². The third kappa shape index (κ3) is 1.67. The zero-order valence-corrected chi connectivity index (χ0v) is 8.19. The van der Waals surface area contributed by atoms with Crippen LogP contribution in [0.4, 0.5) is 0 Å². The molecule has 0 unspecified atom stereocenters. The standard InChI is InChI=1S/C11H9N3O/c1-15-11-7-14-10(4-9(11)5-12)8-2-3-13-6-8/h2-4,6-7,13H,1H3. The minimum Gasteiger partial charge on any atom is -0.494 e. The van der Waals surface area contributed by atoms with Crippen molar-refractivity contribution in [3.63, 3.8) is 0 Å². The Balaban J connectivity index is 2.49. The van der Waals surface area contributed by atoms with Gasteiger partial charge in [-0.1, -0.05) is 0 Å². The SMILES string of the molecule is COc1cnc(-c2cc[nH]c2)cc1C#N. The number of nitrogens with one attached hydrogen (secondary N) is 1. The first-order valence-electron chi connectivity index (χ1n) is 4.42. The second kappa shape index (κ2) is 3.84. The summed E-state index contributed by atoms with van der Waals surface area (Å²) in [6.07, 6.45) is 5.20. The maximum Gasteiger partial charge on any atom is 0.154 e. The molecule has 0 aliphatic heterocycles. The van der Waals surface area contributed by atoms with E-state index in [1.165, 1.54) is 7.11 Å². The number of methoxy groups -OCH3 is 1. The topological polar surface area (TPSA) is 61.7 Å². The van der Waals surface area contributed by atoms with Crippen LogP contribution in [0.1, 0.15) is 5.56 Å². The van der Waals surface area contributed by atoms with Crippen LogP contribution in [0.15, 0.2) is 30.7 Å². The van der Waals surface area contributed by atoms with Crippen molar-refractivity contribution in [1.29, 1.82) is 5.26 Å². The van der Waals surface area contributed by atoms with Gasteiger partial charge in [-0.2, -0.15) is 5.26 Å². The van der Waals surface area contributed by atoms with Crippen LogP contribution in [0.5, 0.6) is 5.75 Å². The lowest BCUT2D eigenvalue weighted by molar-refractivity contribution is 0.411. The molecule has 0 aromatic carbocycles. The van der Waals surface area contributed by atoms with E-state index in [-0.39, 0.29) is 0 Å². The molecule has 0 saturated heterocycles. The lowest BCUT2D eigenvalue weighted by atomic mass is 10.1. The van der Waals surface area contributed by atoms with E-state index in [0.29, 0.717) is 11.3 Å². The summed E-state index contributed by atoms with van der Waals surface area (Å²) >= 11 is 0. The number of aromatic amines is 1. The molecule has 0 atom stereocenters. The Labute approximate surface area is 87.2 Å². The van der Waals surface area contributed by atoms with Gasteiger partial charge in [0.1, 0.15) is 6.07 Å². The van der Waals surface area contributed by atoms with Crippen molar-refractivity contribution in [3.8, 4) is 23.1 Å². The molecule has 2 aromatic rings. The van der Waals surface area contributed by atoms with Crippen LogP contribution in [0.25, 0.3) is 11.3 Å². The number of nitrogens with zero attached hydrogens (tertiary/aromatic N) is 2. The molecule has 0 amide bonds. The first-order chi connectivity index (χ1) is 7.35. The summed E-state index contributed by atoms with van der Waals surface area (Å²) in [4.78, 5) is 7.14. The number of hydrogen-bond donors (Lipinski definition) is 1. The van der Waals surface area contributed by atoms with Gasteiger partial charge in [-0.25, -0.2) is 0 Å². The van der Waals surface area contributed by atoms with Crippen molar-refractivity contribution in [3.05, 3.63) is 36.3 Å². The highest BCUT2D eigenvalue weighted by molar-refractivity contribution is 5.61. The van der Waals surface area contributed by atoms with Crippen LogP contribution < -0.4 is 4.74 Å². The maximum absolute atomic E-state index is 8.91. The van der Waals surface area contributed by atoms with Gasteiger partial charge < -0.3 is 9.72 Å². The lowest BCUT2D eigenvalue weighted by Crippen LogP contribution is -1.91. The molecule has 0 bridgehead atoms.